The van der Waals surface area contributed by atoms with Crippen LogP contribution >= 0.6 is 0 Å². The Kier molecular flexibility index (Phi) is 9.02. The van der Waals surface area contributed by atoms with E-state index < -0.39 is 0 Å². The summed E-state index contributed by atoms with van der Waals surface area (Å²) in [6.45, 7) is 12.3. The molecule has 0 aromatic heterocycles. The average Bonchev–Trinajstić information content (AvgIpc) is 1.64. The average molecular weight is 153 g/mol. The molecule has 58 valence electrons. The van der Waals surface area contributed by atoms with Crippen molar-refractivity contribution in [3.05, 3.63) is 0 Å². The molecule has 0 aliphatic rings. The predicted molar refractivity (Wildman–Crippen MR) is 49.8 cm³/mol. The van der Waals surface area contributed by atoms with E-state index in [9.17, 15) is 0 Å². The van der Waals surface area contributed by atoms with Crippen molar-refractivity contribution in [3.63, 3.8) is 0 Å². The summed E-state index contributed by atoms with van der Waals surface area (Å²) in [5, 5.41) is 0. The summed E-state index contributed by atoms with van der Waals surface area (Å²) in [6, 6.07) is 1.38. The van der Waals surface area contributed by atoms with E-state index in [1.807, 2.05) is 0 Å². The SMILES string of the molecule is CCN(C(C)C)C(C)C.[NaH]. The predicted octanol–water partition coefficient (Wildman–Crippen LogP) is 1.48. The maximum absolute atomic E-state index is 2.46. The van der Waals surface area contributed by atoms with Gasteiger partial charge in [0.25, 0.3) is 0 Å². The van der Waals surface area contributed by atoms with Gasteiger partial charge in [-0.3, -0.25) is 4.90 Å². The normalized spacial score (nSPS) is 10.8. The summed E-state index contributed by atoms with van der Waals surface area (Å²) in [4.78, 5) is 2.46. The Hall–Kier alpha value is 0.960. The van der Waals surface area contributed by atoms with Gasteiger partial charge < -0.3 is 0 Å². The van der Waals surface area contributed by atoms with E-state index in [-0.39, 0.29) is 29.6 Å². The van der Waals surface area contributed by atoms with Crippen LogP contribution in [0.25, 0.3) is 0 Å². The van der Waals surface area contributed by atoms with E-state index >= 15 is 0 Å². The summed E-state index contributed by atoms with van der Waals surface area (Å²) in [7, 11) is 0. The Balaban J connectivity index is 0. The van der Waals surface area contributed by atoms with Crippen LogP contribution in [-0.2, 0) is 0 Å². The van der Waals surface area contributed by atoms with Gasteiger partial charge in [0, 0.05) is 12.1 Å². The van der Waals surface area contributed by atoms with Crippen molar-refractivity contribution in [3.8, 4) is 0 Å². The standard InChI is InChI=1S/C8H19N.Na.H/c1-6-9(7(2)3)8(4)5;;/h7-8H,6H2,1-5H3;;. The molecule has 0 saturated carbocycles. The van der Waals surface area contributed by atoms with Crippen LogP contribution in [0.2, 0.25) is 0 Å². The maximum atomic E-state index is 2.46. The molecule has 0 unspecified atom stereocenters. The summed E-state index contributed by atoms with van der Waals surface area (Å²) in [5.41, 5.74) is 0. The molecule has 0 spiro atoms. The molecule has 10 heavy (non-hydrogen) atoms. The summed E-state index contributed by atoms with van der Waals surface area (Å²) in [5.74, 6) is 0. The quantitative estimate of drug-likeness (QED) is 0.555. The molecule has 0 heterocycles. The van der Waals surface area contributed by atoms with E-state index in [1.54, 1.807) is 0 Å². The molecule has 0 saturated heterocycles. The summed E-state index contributed by atoms with van der Waals surface area (Å²) >= 11 is 0. The number of hydrogen-bond donors (Lipinski definition) is 0. The van der Waals surface area contributed by atoms with Crippen LogP contribution in [0.4, 0.5) is 0 Å². The molecule has 0 atom stereocenters. The van der Waals surface area contributed by atoms with Crippen molar-refractivity contribution in [2.45, 2.75) is 46.7 Å². The van der Waals surface area contributed by atoms with Gasteiger partial charge in [-0.1, -0.05) is 6.92 Å². The molecule has 0 aromatic carbocycles. The van der Waals surface area contributed by atoms with E-state index in [0.29, 0.717) is 12.1 Å². The van der Waals surface area contributed by atoms with Crippen molar-refractivity contribution in [2.75, 3.05) is 6.54 Å². The van der Waals surface area contributed by atoms with Gasteiger partial charge in [0.15, 0.2) is 0 Å². The van der Waals surface area contributed by atoms with Gasteiger partial charge in [-0.2, -0.15) is 0 Å². The zero-order chi connectivity index (χ0) is 7.44. The Morgan fingerprint density at radius 1 is 1.00 bits per heavy atom. The first kappa shape index (κ1) is 13.5. The molecular formula is C8H20NNa. The minimum absolute atomic E-state index is 0. The fourth-order valence-electron chi connectivity index (χ4n) is 1.33. The first-order valence-corrected chi connectivity index (χ1v) is 3.85. The second kappa shape index (κ2) is 6.66. The Labute approximate surface area is 87.5 Å². The van der Waals surface area contributed by atoms with Gasteiger partial charge in [0.1, 0.15) is 0 Å². The first-order chi connectivity index (χ1) is 4.09. The van der Waals surface area contributed by atoms with Gasteiger partial charge >= 0.3 is 29.6 Å². The third-order valence-electron chi connectivity index (χ3n) is 1.69. The van der Waals surface area contributed by atoms with Gasteiger partial charge in [-0.25, -0.2) is 0 Å². The van der Waals surface area contributed by atoms with E-state index in [1.165, 1.54) is 0 Å². The molecule has 0 bridgehead atoms. The molecule has 0 rings (SSSR count). The van der Waals surface area contributed by atoms with Crippen LogP contribution < -0.4 is 0 Å². The monoisotopic (exact) mass is 153 g/mol. The van der Waals surface area contributed by atoms with Gasteiger partial charge in [0.2, 0.25) is 0 Å². The fraction of sp³-hybridized carbons (Fsp3) is 1.00. The van der Waals surface area contributed by atoms with Crippen LogP contribution in [0.3, 0.4) is 0 Å². The molecule has 0 amide bonds. The summed E-state index contributed by atoms with van der Waals surface area (Å²) in [6.07, 6.45) is 0. The minimum atomic E-state index is 0. The molecule has 0 aliphatic heterocycles. The zero-order valence-electron chi connectivity index (χ0n) is 7.31. The van der Waals surface area contributed by atoms with Crippen molar-refractivity contribution < 1.29 is 0 Å². The number of hydrogen-bond acceptors (Lipinski definition) is 1. The third kappa shape index (κ3) is 4.73. The molecule has 0 aliphatic carbocycles. The van der Waals surface area contributed by atoms with Crippen LogP contribution in [0.1, 0.15) is 34.6 Å². The van der Waals surface area contributed by atoms with E-state index in [2.05, 4.69) is 39.5 Å². The second-order valence-electron chi connectivity index (χ2n) is 3.02. The fourth-order valence-corrected chi connectivity index (χ4v) is 1.33. The molecule has 2 heteroatoms. The Morgan fingerprint density at radius 2 is 1.30 bits per heavy atom. The van der Waals surface area contributed by atoms with E-state index in [0.717, 1.165) is 6.54 Å². The van der Waals surface area contributed by atoms with Crippen molar-refractivity contribution >= 4 is 29.6 Å². The number of rotatable bonds is 3. The molecular weight excluding hydrogens is 133 g/mol. The van der Waals surface area contributed by atoms with Crippen LogP contribution in [0.15, 0.2) is 0 Å². The molecule has 0 N–H and O–H groups in total. The van der Waals surface area contributed by atoms with Crippen LogP contribution in [-0.4, -0.2) is 53.1 Å². The topological polar surface area (TPSA) is 3.24 Å². The molecule has 1 nitrogen and oxygen atoms in total. The zero-order valence-corrected chi connectivity index (χ0v) is 7.31. The second-order valence-corrected chi connectivity index (χ2v) is 3.02. The van der Waals surface area contributed by atoms with Crippen molar-refractivity contribution in [1.29, 1.82) is 0 Å². The molecule has 0 aromatic rings. The van der Waals surface area contributed by atoms with Gasteiger partial charge in [-0.15, -0.1) is 0 Å². The van der Waals surface area contributed by atoms with E-state index in [4.69, 9.17) is 0 Å². The first-order valence-electron chi connectivity index (χ1n) is 3.85. The molecule has 0 radical (unpaired) electrons. The Morgan fingerprint density at radius 3 is 1.30 bits per heavy atom. The van der Waals surface area contributed by atoms with Crippen LogP contribution in [0, 0.1) is 0 Å². The number of nitrogens with zero attached hydrogens (tertiary/aromatic N) is 1. The van der Waals surface area contributed by atoms with Gasteiger partial charge in [0.05, 0.1) is 0 Å². The summed E-state index contributed by atoms with van der Waals surface area (Å²) < 4.78 is 0. The third-order valence-corrected chi connectivity index (χ3v) is 1.69. The van der Waals surface area contributed by atoms with Crippen molar-refractivity contribution in [1.82, 2.24) is 4.90 Å². The Bertz CT molecular complexity index is 63.7. The molecule has 0 fully saturated rings. The van der Waals surface area contributed by atoms with Crippen molar-refractivity contribution in [2.24, 2.45) is 0 Å². The van der Waals surface area contributed by atoms with Crippen LogP contribution in [0.5, 0.6) is 0 Å². The van der Waals surface area contributed by atoms with Gasteiger partial charge in [-0.05, 0) is 34.2 Å².